The number of ether oxygens (including phenoxy) is 1. The van der Waals surface area contributed by atoms with Gasteiger partial charge in [-0.15, -0.1) is 5.10 Å². The summed E-state index contributed by atoms with van der Waals surface area (Å²) in [5, 5.41) is 5.15. The van der Waals surface area contributed by atoms with Gasteiger partial charge in [-0.25, -0.2) is 4.68 Å². The number of methoxy groups -OCH3 is 1. The second-order valence-corrected chi connectivity index (χ2v) is 7.32. The zero-order valence-corrected chi connectivity index (χ0v) is 15.7. The number of benzene rings is 1. The lowest BCUT2D eigenvalue weighted by molar-refractivity contribution is 0.237. The highest BCUT2D eigenvalue weighted by molar-refractivity contribution is 7.71. The molecule has 5 nitrogen and oxygen atoms in total. The van der Waals surface area contributed by atoms with Crippen LogP contribution in [0.15, 0.2) is 22.6 Å². The zero-order valence-electron chi connectivity index (χ0n) is 14.1. The highest BCUT2D eigenvalue weighted by Gasteiger charge is 2.21. The van der Waals surface area contributed by atoms with E-state index in [9.17, 15) is 0 Å². The summed E-state index contributed by atoms with van der Waals surface area (Å²) in [5.41, 5.74) is 0.835. The maximum absolute atomic E-state index is 6.07. The second kappa shape index (κ2) is 7.03. The molecule has 1 heterocycles. The first-order valence-corrected chi connectivity index (χ1v) is 8.08. The summed E-state index contributed by atoms with van der Waals surface area (Å²) >= 11 is 11.3. The normalized spacial score (nSPS) is 12.0. The van der Waals surface area contributed by atoms with Gasteiger partial charge in [0, 0.05) is 22.5 Å². The largest absolute Gasteiger partial charge is 0.496 e. The third-order valence-corrected chi connectivity index (χ3v) is 3.84. The molecule has 0 bridgehead atoms. The van der Waals surface area contributed by atoms with Gasteiger partial charge in [-0.3, -0.25) is 4.90 Å². The molecule has 2 rings (SSSR count). The monoisotopic (exact) mass is 355 g/mol. The van der Waals surface area contributed by atoms with Crippen LogP contribution in [0.4, 0.5) is 0 Å². The smallest absolute Gasteiger partial charge is 0.288 e. The molecule has 0 unspecified atom stereocenters. The minimum atomic E-state index is -0.173. The molecule has 0 aliphatic carbocycles. The Morgan fingerprint density at radius 2 is 2.09 bits per heavy atom. The predicted molar refractivity (Wildman–Crippen MR) is 93.5 cm³/mol. The Hall–Kier alpha value is -1.37. The first kappa shape index (κ1) is 18.0. The van der Waals surface area contributed by atoms with Gasteiger partial charge in [0.05, 0.1) is 13.8 Å². The van der Waals surface area contributed by atoms with E-state index in [1.807, 2.05) is 46.0 Å². The van der Waals surface area contributed by atoms with Gasteiger partial charge >= 0.3 is 0 Å². The van der Waals surface area contributed by atoms with Crippen LogP contribution in [0, 0.1) is 4.84 Å². The lowest BCUT2D eigenvalue weighted by Gasteiger charge is -2.18. The molecule has 0 amide bonds. The van der Waals surface area contributed by atoms with E-state index in [0.717, 1.165) is 11.3 Å². The van der Waals surface area contributed by atoms with Crippen LogP contribution >= 0.6 is 23.8 Å². The van der Waals surface area contributed by atoms with E-state index in [2.05, 4.69) is 10.00 Å². The summed E-state index contributed by atoms with van der Waals surface area (Å²) in [6.45, 7) is 7.30. The van der Waals surface area contributed by atoms with Crippen molar-refractivity contribution in [2.24, 2.45) is 0 Å². The van der Waals surface area contributed by atoms with Crippen LogP contribution in [0.2, 0.25) is 5.02 Å². The van der Waals surface area contributed by atoms with Gasteiger partial charge in [0.25, 0.3) is 4.84 Å². The molecule has 0 saturated carbocycles. The zero-order chi connectivity index (χ0) is 17.2. The van der Waals surface area contributed by atoms with Crippen molar-refractivity contribution in [2.45, 2.75) is 39.4 Å². The highest BCUT2D eigenvalue weighted by Crippen LogP contribution is 2.24. The van der Waals surface area contributed by atoms with Crippen molar-refractivity contribution in [3.05, 3.63) is 39.5 Å². The van der Waals surface area contributed by atoms with E-state index in [4.69, 9.17) is 33.0 Å². The Balaban J connectivity index is 2.14. The highest BCUT2D eigenvalue weighted by atomic mass is 35.5. The van der Waals surface area contributed by atoms with Crippen LogP contribution in [-0.2, 0) is 18.6 Å². The van der Waals surface area contributed by atoms with E-state index in [0.29, 0.717) is 29.0 Å². The van der Waals surface area contributed by atoms with Gasteiger partial charge in [-0.2, -0.15) is 0 Å². The molecular weight excluding hydrogens is 334 g/mol. The summed E-state index contributed by atoms with van der Waals surface area (Å²) in [7, 11) is 3.63. The van der Waals surface area contributed by atoms with Crippen LogP contribution in [-0.4, -0.2) is 28.8 Å². The van der Waals surface area contributed by atoms with Crippen LogP contribution in [0.1, 0.15) is 32.2 Å². The standard InChI is InChI=1S/C16H22ClN3O2S/c1-16(2,3)14-18-20(15(23)22-14)10-19(4)9-11-8-12(17)6-7-13(11)21-5/h6-8H,9-10H2,1-5H3. The number of aromatic nitrogens is 2. The van der Waals surface area contributed by atoms with Crippen LogP contribution in [0.25, 0.3) is 0 Å². The summed E-state index contributed by atoms with van der Waals surface area (Å²) < 4.78 is 12.7. The number of hydrogen-bond acceptors (Lipinski definition) is 5. The Labute approximate surface area is 146 Å². The topological polar surface area (TPSA) is 43.4 Å². The van der Waals surface area contributed by atoms with Gasteiger partial charge in [0.15, 0.2) is 0 Å². The fraction of sp³-hybridized carbons (Fsp3) is 0.500. The minimum absolute atomic E-state index is 0.173. The summed E-state index contributed by atoms with van der Waals surface area (Å²) in [6.07, 6.45) is 0. The van der Waals surface area contributed by atoms with Crippen molar-refractivity contribution < 1.29 is 9.15 Å². The van der Waals surface area contributed by atoms with Crippen molar-refractivity contribution in [1.82, 2.24) is 14.7 Å². The predicted octanol–water partition coefficient (Wildman–Crippen LogP) is 4.25. The molecule has 0 N–H and O–H groups in total. The summed E-state index contributed by atoms with van der Waals surface area (Å²) in [6, 6.07) is 5.58. The SMILES string of the molecule is COc1ccc(Cl)cc1CN(C)Cn1nc(C(C)(C)C)oc1=S. The molecule has 0 atom stereocenters. The number of rotatable bonds is 5. The van der Waals surface area contributed by atoms with Gasteiger partial charge in [0.1, 0.15) is 5.75 Å². The lowest BCUT2D eigenvalue weighted by Crippen LogP contribution is -2.23. The van der Waals surface area contributed by atoms with Gasteiger partial charge < -0.3 is 9.15 Å². The Bertz CT molecular complexity index is 734. The van der Waals surface area contributed by atoms with Crippen molar-refractivity contribution in [3.63, 3.8) is 0 Å². The molecule has 0 radical (unpaired) electrons. The van der Waals surface area contributed by atoms with E-state index in [1.54, 1.807) is 11.8 Å². The van der Waals surface area contributed by atoms with Crippen molar-refractivity contribution >= 4 is 23.8 Å². The fourth-order valence-corrected chi connectivity index (χ4v) is 2.51. The van der Waals surface area contributed by atoms with Gasteiger partial charge in [-0.05, 0) is 37.5 Å². The molecule has 1 aromatic heterocycles. The molecule has 1 aromatic carbocycles. The third kappa shape index (κ3) is 4.56. The van der Waals surface area contributed by atoms with E-state index < -0.39 is 0 Å². The molecular formula is C16H22ClN3O2S. The molecule has 23 heavy (non-hydrogen) atoms. The first-order valence-electron chi connectivity index (χ1n) is 7.30. The Kier molecular flexibility index (Phi) is 5.49. The Morgan fingerprint density at radius 3 is 2.65 bits per heavy atom. The average molecular weight is 356 g/mol. The van der Waals surface area contributed by atoms with Gasteiger partial charge in [0.2, 0.25) is 5.89 Å². The number of nitrogens with zero attached hydrogens (tertiary/aromatic N) is 3. The van der Waals surface area contributed by atoms with Crippen LogP contribution < -0.4 is 4.74 Å². The van der Waals surface area contributed by atoms with Crippen molar-refractivity contribution in [2.75, 3.05) is 14.2 Å². The number of halogens is 1. The molecule has 2 aromatic rings. The summed E-state index contributed by atoms with van der Waals surface area (Å²) in [4.78, 5) is 2.44. The average Bonchev–Trinajstić information content (AvgIpc) is 2.80. The maximum Gasteiger partial charge on any atom is 0.288 e. The van der Waals surface area contributed by atoms with Crippen LogP contribution in [0.5, 0.6) is 5.75 Å². The second-order valence-electron chi connectivity index (χ2n) is 6.53. The maximum atomic E-state index is 6.07. The first-order chi connectivity index (χ1) is 10.7. The van der Waals surface area contributed by atoms with Gasteiger partial charge in [-0.1, -0.05) is 32.4 Å². The van der Waals surface area contributed by atoms with Crippen LogP contribution in [0.3, 0.4) is 0 Å². The van der Waals surface area contributed by atoms with E-state index >= 15 is 0 Å². The molecule has 0 aliphatic rings. The molecule has 126 valence electrons. The third-order valence-electron chi connectivity index (χ3n) is 3.31. The molecule has 0 spiro atoms. The molecule has 0 saturated heterocycles. The molecule has 0 fully saturated rings. The fourth-order valence-electron chi connectivity index (χ4n) is 2.14. The quantitative estimate of drug-likeness (QED) is 0.750. The lowest BCUT2D eigenvalue weighted by atomic mass is 9.97. The van der Waals surface area contributed by atoms with Crippen molar-refractivity contribution in [3.8, 4) is 5.75 Å². The van der Waals surface area contributed by atoms with Crippen molar-refractivity contribution in [1.29, 1.82) is 0 Å². The number of hydrogen-bond donors (Lipinski definition) is 0. The molecule has 0 aliphatic heterocycles. The van der Waals surface area contributed by atoms with E-state index in [-0.39, 0.29) is 5.41 Å². The Morgan fingerprint density at radius 1 is 1.39 bits per heavy atom. The summed E-state index contributed by atoms with van der Waals surface area (Å²) in [5.74, 6) is 1.44. The molecule has 7 heteroatoms. The minimum Gasteiger partial charge on any atom is -0.496 e. The van der Waals surface area contributed by atoms with E-state index in [1.165, 1.54) is 0 Å².